The summed E-state index contributed by atoms with van der Waals surface area (Å²) < 4.78 is 27.6. The van der Waals surface area contributed by atoms with Crippen molar-refractivity contribution in [2.24, 2.45) is 5.14 Å². The van der Waals surface area contributed by atoms with E-state index in [4.69, 9.17) is 16.7 Å². The zero-order chi connectivity index (χ0) is 17.9. The van der Waals surface area contributed by atoms with E-state index in [1.54, 1.807) is 12.1 Å². The topological polar surface area (TPSA) is 116 Å². The average Bonchev–Trinajstić information content (AvgIpc) is 2.53. The quantitative estimate of drug-likeness (QED) is 0.801. The van der Waals surface area contributed by atoms with Gasteiger partial charge in [0, 0.05) is 5.56 Å². The molecule has 0 saturated heterocycles. The van der Waals surface area contributed by atoms with Crippen LogP contribution in [0, 0.1) is 0 Å². The number of primary sulfonamides is 1. The number of methoxy groups -OCH3 is 1. The van der Waals surface area contributed by atoms with Gasteiger partial charge in [-0.15, -0.1) is 0 Å². The molecule has 0 saturated carbocycles. The third-order valence-corrected chi connectivity index (χ3v) is 4.47. The van der Waals surface area contributed by atoms with Crippen LogP contribution in [-0.2, 0) is 14.8 Å². The second kappa shape index (κ2) is 7.00. The molecule has 24 heavy (non-hydrogen) atoms. The Morgan fingerprint density at radius 2 is 1.83 bits per heavy atom. The van der Waals surface area contributed by atoms with Gasteiger partial charge in [-0.05, 0) is 30.3 Å². The lowest BCUT2D eigenvalue weighted by atomic mass is 10.1. The number of hydrogen-bond donors (Lipinski definition) is 2. The molecule has 0 spiro atoms. The van der Waals surface area contributed by atoms with Gasteiger partial charge in [0.15, 0.2) is 0 Å². The van der Waals surface area contributed by atoms with Crippen molar-refractivity contribution < 1.29 is 22.7 Å². The molecule has 2 aromatic rings. The number of sulfonamides is 1. The molecule has 1 amide bonds. The number of esters is 1. The zero-order valence-electron chi connectivity index (χ0n) is 12.4. The number of ether oxygens (including phenoxy) is 1. The lowest BCUT2D eigenvalue weighted by Crippen LogP contribution is -2.17. The number of para-hydroxylation sites is 1. The summed E-state index contributed by atoms with van der Waals surface area (Å²) in [4.78, 5) is 23.7. The van der Waals surface area contributed by atoms with E-state index >= 15 is 0 Å². The van der Waals surface area contributed by atoms with Crippen LogP contribution < -0.4 is 10.5 Å². The van der Waals surface area contributed by atoms with Crippen molar-refractivity contribution in [3.63, 3.8) is 0 Å². The van der Waals surface area contributed by atoms with Crippen LogP contribution in [0.2, 0.25) is 5.02 Å². The number of halogens is 1. The first-order chi connectivity index (χ1) is 11.2. The highest BCUT2D eigenvalue weighted by atomic mass is 35.5. The number of carbonyl (C=O) groups excluding carboxylic acids is 2. The Balaban J connectivity index is 2.37. The van der Waals surface area contributed by atoms with Crippen LogP contribution >= 0.6 is 11.6 Å². The van der Waals surface area contributed by atoms with Crippen LogP contribution in [0.1, 0.15) is 20.7 Å². The summed E-state index contributed by atoms with van der Waals surface area (Å²) in [6.07, 6.45) is 0. The number of amides is 1. The van der Waals surface area contributed by atoms with Gasteiger partial charge in [0.2, 0.25) is 10.0 Å². The van der Waals surface area contributed by atoms with Crippen molar-refractivity contribution in [1.82, 2.24) is 0 Å². The second-order valence-electron chi connectivity index (χ2n) is 4.68. The molecular weight excluding hydrogens is 356 g/mol. The zero-order valence-corrected chi connectivity index (χ0v) is 14.0. The Hall–Kier alpha value is -2.42. The molecule has 126 valence electrons. The Morgan fingerprint density at radius 3 is 2.46 bits per heavy atom. The number of nitrogens with one attached hydrogen (secondary N) is 1. The third kappa shape index (κ3) is 3.91. The Morgan fingerprint density at radius 1 is 1.17 bits per heavy atom. The van der Waals surface area contributed by atoms with Gasteiger partial charge < -0.3 is 10.1 Å². The molecule has 0 aliphatic rings. The van der Waals surface area contributed by atoms with Crippen molar-refractivity contribution in [1.29, 1.82) is 0 Å². The second-order valence-corrected chi connectivity index (χ2v) is 6.62. The summed E-state index contributed by atoms with van der Waals surface area (Å²) in [5, 5.41) is 7.48. The monoisotopic (exact) mass is 368 g/mol. The number of benzene rings is 2. The summed E-state index contributed by atoms with van der Waals surface area (Å²) in [6.45, 7) is 0. The maximum absolute atomic E-state index is 12.3. The largest absolute Gasteiger partial charge is 0.465 e. The van der Waals surface area contributed by atoms with Crippen molar-refractivity contribution >= 4 is 39.2 Å². The molecule has 7 nitrogen and oxygen atoms in total. The molecule has 0 bridgehead atoms. The molecule has 0 radical (unpaired) electrons. The Labute approximate surface area is 143 Å². The van der Waals surface area contributed by atoms with Gasteiger partial charge >= 0.3 is 5.97 Å². The van der Waals surface area contributed by atoms with Gasteiger partial charge in [0.25, 0.3) is 5.91 Å². The molecular formula is C15H13ClN2O5S. The number of nitrogens with two attached hydrogens (primary N) is 1. The van der Waals surface area contributed by atoms with Gasteiger partial charge in [0.05, 0.1) is 23.4 Å². The molecule has 0 atom stereocenters. The average molecular weight is 369 g/mol. The predicted octanol–water partition coefficient (Wildman–Crippen LogP) is 2.03. The van der Waals surface area contributed by atoms with E-state index < -0.39 is 21.9 Å². The van der Waals surface area contributed by atoms with Gasteiger partial charge in [-0.2, -0.15) is 0 Å². The normalized spacial score (nSPS) is 11.0. The Kier molecular flexibility index (Phi) is 5.23. The minimum absolute atomic E-state index is 0.0168. The van der Waals surface area contributed by atoms with Gasteiger partial charge in [-0.25, -0.2) is 18.4 Å². The van der Waals surface area contributed by atoms with Crippen LogP contribution in [0.15, 0.2) is 47.4 Å². The van der Waals surface area contributed by atoms with Crippen molar-refractivity contribution in [3.05, 3.63) is 58.6 Å². The predicted molar refractivity (Wildman–Crippen MR) is 88.6 cm³/mol. The maximum atomic E-state index is 12.3. The van der Waals surface area contributed by atoms with E-state index in [2.05, 4.69) is 10.1 Å². The summed E-state index contributed by atoms with van der Waals surface area (Å²) in [7, 11) is -2.85. The molecule has 0 fully saturated rings. The Bertz CT molecular complexity index is 912. The van der Waals surface area contributed by atoms with Crippen molar-refractivity contribution in [2.45, 2.75) is 4.90 Å². The van der Waals surface area contributed by atoms with Crippen molar-refractivity contribution in [3.8, 4) is 0 Å². The number of rotatable bonds is 4. The van der Waals surface area contributed by atoms with E-state index in [1.165, 1.54) is 31.4 Å². The van der Waals surface area contributed by atoms with Gasteiger partial charge in [-0.3, -0.25) is 4.79 Å². The highest BCUT2D eigenvalue weighted by Gasteiger charge is 2.18. The van der Waals surface area contributed by atoms with E-state index in [0.29, 0.717) is 0 Å². The fraction of sp³-hybridized carbons (Fsp3) is 0.0667. The molecule has 0 aromatic heterocycles. The summed E-state index contributed by atoms with van der Waals surface area (Å²) in [5.74, 6) is -1.25. The molecule has 0 heterocycles. The van der Waals surface area contributed by atoms with Crippen LogP contribution in [0.4, 0.5) is 5.69 Å². The highest BCUT2D eigenvalue weighted by molar-refractivity contribution is 7.89. The molecule has 2 rings (SSSR count). The third-order valence-electron chi connectivity index (χ3n) is 3.08. The maximum Gasteiger partial charge on any atom is 0.339 e. The molecule has 3 N–H and O–H groups in total. The van der Waals surface area contributed by atoms with Crippen LogP contribution in [0.3, 0.4) is 0 Å². The summed E-state index contributed by atoms with van der Waals surface area (Å²) in [6, 6.07) is 9.89. The summed E-state index contributed by atoms with van der Waals surface area (Å²) in [5.41, 5.74) is 0.401. The van der Waals surface area contributed by atoms with Gasteiger partial charge in [0.1, 0.15) is 4.90 Å². The van der Waals surface area contributed by atoms with Crippen LogP contribution in [-0.4, -0.2) is 27.4 Å². The summed E-state index contributed by atoms with van der Waals surface area (Å²) >= 11 is 5.78. The van der Waals surface area contributed by atoms with Crippen molar-refractivity contribution in [2.75, 3.05) is 12.4 Å². The first-order valence-electron chi connectivity index (χ1n) is 6.55. The number of carbonyl (C=O) groups is 2. The highest BCUT2D eigenvalue weighted by Crippen LogP contribution is 2.23. The van der Waals surface area contributed by atoms with E-state index in [0.717, 1.165) is 6.07 Å². The SMILES string of the molecule is COC(=O)c1ccccc1NC(=O)c1ccc(Cl)c(S(N)(=O)=O)c1. The molecule has 0 aliphatic carbocycles. The molecule has 9 heteroatoms. The first-order valence-corrected chi connectivity index (χ1v) is 8.47. The number of anilines is 1. The number of hydrogen-bond acceptors (Lipinski definition) is 5. The van der Waals surface area contributed by atoms with Gasteiger partial charge in [-0.1, -0.05) is 23.7 Å². The minimum Gasteiger partial charge on any atom is -0.465 e. The van der Waals surface area contributed by atoms with Crippen LogP contribution in [0.5, 0.6) is 0 Å². The van der Waals surface area contributed by atoms with Crippen LogP contribution in [0.25, 0.3) is 0 Å². The standard InChI is InChI=1S/C15H13ClN2O5S/c1-23-15(20)10-4-2-3-5-12(10)18-14(19)9-6-7-11(16)13(8-9)24(17,21)22/h2-8H,1H3,(H,18,19)(H2,17,21,22). The fourth-order valence-corrected chi connectivity index (χ4v) is 3.01. The smallest absolute Gasteiger partial charge is 0.339 e. The molecule has 2 aromatic carbocycles. The fourth-order valence-electron chi connectivity index (χ4n) is 1.94. The van der Waals surface area contributed by atoms with E-state index in [-0.39, 0.29) is 26.7 Å². The lowest BCUT2D eigenvalue weighted by molar-refractivity contribution is 0.0602. The molecule has 0 unspecified atom stereocenters. The lowest BCUT2D eigenvalue weighted by Gasteiger charge is -2.10. The molecule has 0 aliphatic heterocycles. The van der Waals surface area contributed by atoms with E-state index in [1.807, 2.05) is 0 Å². The minimum atomic E-state index is -4.07. The van der Waals surface area contributed by atoms with E-state index in [9.17, 15) is 18.0 Å². The first kappa shape index (κ1) is 17.9.